The van der Waals surface area contributed by atoms with Crippen LogP contribution in [0.5, 0.6) is 0 Å². The number of halogens is 1. The van der Waals surface area contributed by atoms with Crippen molar-refractivity contribution in [2.45, 2.75) is 27.3 Å². The van der Waals surface area contributed by atoms with Crippen LogP contribution in [0.25, 0.3) is 0 Å². The summed E-state index contributed by atoms with van der Waals surface area (Å²) in [5, 5.41) is 0. The van der Waals surface area contributed by atoms with Crippen LogP contribution in [0.3, 0.4) is 0 Å². The summed E-state index contributed by atoms with van der Waals surface area (Å²) >= 11 is 3.38. The van der Waals surface area contributed by atoms with Crippen molar-refractivity contribution in [2.75, 3.05) is 0 Å². The van der Waals surface area contributed by atoms with Crippen molar-refractivity contribution in [1.29, 1.82) is 0 Å². The molecule has 0 saturated heterocycles. The van der Waals surface area contributed by atoms with Crippen LogP contribution in [-0.2, 0) is 6.54 Å². The Hall–Kier alpha value is -0.640. The molecule has 0 unspecified atom stereocenters. The Morgan fingerprint density at radius 1 is 1.50 bits per heavy atom. The zero-order valence-corrected chi connectivity index (χ0v) is 8.97. The molecule has 12 heavy (non-hydrogen) atoms. The molecule has 1 heterocycles. The molecule has 0 spiro atoms. The third-order valence-corrected chi connectivity index (χ3v) is 3.00. The van der Waals surface area contributed by atoms with Crippen molar-refractivity contribution >= 4 is 15.9 Å². The van der Waals surface area contributed by atoms with E-state index in [0.717, 1.165) is 15.9 Å². The highest BCUT2D eigenvalue weighted by molar-refractivity contribution is 9.10. The quantitative estimate of drug-likeness (QED) is 0.736. The predicted molar refractivity (Wildman–Crippen MR) is 51.3 cm³/mol. The van der Waals surface area contributed by atoms with E-state index in [1.165, 1.54) is 0 Å². The first-order valence-corrected chi connectivity index (χ1v) is 4.60. The van der Waals surface area contributed by atoms with Gasteiger partial charge in [0.05, 0.1) is 10.2 Å². The fourth-order valence-electron chi connectivity index (χ4n) is 1.15. The molecule has 3 nitrogen and oxygen atoms in total. The SMILES string of the molecule is CCn1c(C)c(Br)c(C)nc1=O. The monoisotopic (exact) mass is 230 g/mol. The van der Waals surface area contributed by atoms with Crippen LogP contribution < -0.4 is 5.69 Å². The average molecular weight is 231 g/mol. The lowest BCUT2D eigenvalue weighted by atomic mass is 10.3. The third kappa shape index (κ3) is 1.43. The Kier molecular flexibility index (Phi) is 2.67. The molecule has 1 aromatic heterocycles. The van der Waals surface area contributed by atoms with E-state index in [-0.39, 0.29) is 5.69 Å². The molecule has 0 amide bonds. The smallest absolute Gasteiger partial charge is 0.296 e. The molecule has 0 aliphatic rings. The van der Waals surface area contributed by atoms with Crippen LogP contribution in [0.2, 0.25) is 0 Å². The van der Waals surface area contributed by atoms with Gasteiger partial charge in [-0.2, -0.15) is 4.98 Å². The van der Waals surface area contributed by atoms with Gasteiger partial charge in [-0.3, -0.25) is 4.57 Å². The minimum Gasteiger partial charge on any atom is -0.296 e. The van der Waals surface area contributed by atoms with Crippen molar-refractivity contribution in [1.82, 2.24) is 9.55 Å². The fraction of sp³-hybridized carbons (Fsp3) is 0.500. The molecule has 66 valence electrons. The second-order valence-electron chi connectivity index (χ2n) is 2.62. The molecule has 1 rings (SSSR count). The lowest BCUT2D eigenvalue weighted by molar-refractivity contribution is 0.664. The summed E-state index contributed by atoms with van der Waals surface area (Å²) in [7, 11) is 0. The van der Waals surface area contributed by atoms with Gasteiger partial charge < -0.3 is 0 Å². The number of hydrogen-bond donors (Lipinski definition) is 0. The summed E-state index contributed by atoms with van der Waals surface area (Å²) in [5.41, 5.74) is 1.52. The van der Waals surface area contributed by atoms with Crippen molar-refractivity contribution in [2.24, 2.45) is 0 Å². The zero-order valence-electron chi connectivity index (χ0n) is 7.39. The second-order valence-corrected chi connectivity index (χ2v) is 3.42. The van der Waals surface area contributed by atoms with Crippen LogP contribution in [0, 0.1) is 13.8 Å². The van der Waals surface area contributed by atoms with E-state index in [2.05, 4.69) is 20.9 Å². The Balaban J connectivity index is 3.52. The summed E-state index contributed by atoms with van der Waals surface area (Å²) < 4.78 is 2.56. The predicted octanol–water partition coefficient (Wildman–Crippen LogP) is 1.64. The maximum absolute atomic E-state index is 11.3. The van der Waals surface area contributed by atoms with Gasteiger partial charge in [0.25, 0.3) is 0 Å². The summed E-state index contributed by atoms with van der Waals surface area (Å²) in [6.07, 6.45) is 0. The Labute approximate surface area is 79.6 Å². The van der Waals surface area contributed by atoms with Gasteiger partial charge in [-0.1, -0.05) is 0 Å². The molecule has 0 fully saturated rings. The lowest BCUT2D eigenvalue weighted by Crippen LogP contribution is -2.25. The molecular weight excluding hydrogens is 220 g/mol. The van der Waals surface area contributed by atoms with E-state index in [4.69, 9.17) is 0 Å². The molecule has 0 saturated carbocycles. The van der Waals surface area contributed by atoms with Gasteiger partial charge in [-0.25, -0.2) is 4.79 Å². The summed E-state index contributed by atoms with van der Waals surface area (Å²) in [6, 6.07) is 0. The van der Waals surface area contributed by atoms with Crippen LogP contribution in [0.1, 0.15) is 18.3 Å². The van der Waals surface area contributed by atoms with E-state index in [9.17, 15) is 4.79 Å². The zero-order chi connectivity index (χ0) is 9.30. The summed E-state index contributed by atoms with van der Waals surface area (Å²) in [6.45, 7) is 6.32. The maximum Gasteiger partial charge on any atom is 0.348 e. The molecule has 0 aromatic carbocycles. The number of rotatable bonds is 1. The first-order valence-electron chi connectivity index (χ1n) is 3.81. The average Bonchev–Trinajstić information content (AvgIpc) is 2.01. The van der Waals surface area contributed by atoms with Gasteiger partial charge in [0.2, 0.25) is 0 Å². The molecule has 0 N–H and O–H groups in total. The van der Waals surface area contributed by atoms with Gasteiger partial charge in [0.15, 0.2) is 0 Å². The molecule has 1 aromatic rings. The molecule has 0 aliphatic carbocycles. The van der Waals surface area contributed by atoms with E-state index in [1.54, 1.807) is 4.57 Å². The molecule has 0 aliphatic heterocycles. The van der Waals surface area contributed by atoms with Crippen molar-refractivity contribution < 1.29 is 0 Å². The third-order valence-electron chi connectivity index (χ3n) is 1.85. The van der Waals surface area contributed by atoms with E-state index >= 15 is 0 Å². The van der Waals surface area contributed by atoms with E-state index in [1.807, 2.05) is 20.8 Å². The molecule has 0 atom stereocenters. The molecule has 4 heteroatoms. The van der Waals surface area contributed by atoms with Crippen LogP contribution >= 0.6 is 15.9 Å². The van der Waals surface area contributed by atoms with Gasteiger partial charge in [-0.05, 0) is 36.7 Å². The highest BCUT2D eigenvalue weighted by atomic mass is 79.9. The number of nitrogens with zero attached hydrogens (tertiary/aromatic N) is 2. The van der Waals surface area contributed by atoms with E-state index in [0.29, 0.717) is 6.54 Å². The van der Waals surface area contributed by atoms with E-state index < -0.39 is 0 Å². The van der Waals surface area contributed by atoms with Crippen molar-refractivity contribution in [3.8, 4) is 0 Å². The Bertz CT molecular complexity index is 357. The summed E-state index contributed by atoms with van der Waals surface area (Å²) in [4.78, 5) is 15.1. The van der Waals surface area contributed by atoms with Gasteiger partial charge in [0.1, 0.15) is 0 Å². The van der Waals surface area contributed by atoms with Gasteiger partial charge in [0, 0.05) is 12.2 Å². The van der Waals surface area contributed by atoms with Crippen molar-refractivity contribution in [3.63, 3.8) is 0 Å². The van der Waals surface area contributed by atoms with Crippen molar-refractivity contribution in [3.05, 3.63) is 26.3 Å². The van der Waals surface area contributed by atoms with Gasteiger partial charge >= 0.3 is 5.69 Å². The maximum atomic E-state index is 11.3. The standard InChI is InChI=1S/C8H11BrN2O/c1-4-11-6(3)7(9)5(2)10-8(11)12/h4H2,1-3H3. The highest BCUT2D eigenvalue weighted by Gasteiger charge is 2.06. The van der Waals surface area contributed by atoms with Crippen LogP contribution in [0.15, 0.2) is 9.27 Å². The normalized spacial score (nSPS) is 10.3. The Morgan fingerprint density at radius 3 is 2.58 bits per heavy atom. The van der Waals surface area contributed by atoms with Gasteiger partial charge in [-0.15, -0.1) is 0 Å². The van der Waals surface area contributed by atoms with Crippen LogP contribution in [0.4, 0.5) is 0 Å². The minimum atomic E-state index is -0.171. The first-order chi connectivity index (χ1) is 5.57. The lowest BCUT2D eigenvalue weighted by Gasteiger charge is -2.08. The fourth-order valence-corrected chi connectivity index (χ4v) is 1.45. The molecular formula is C8H11BrN2O. The largest absolute Gasteiger partial charge is 0.348 e. The van der Waals surface area contributed by atoms with Crippen LogP contribution in [-0.4, -0.2) is 9.55 Å². The second kappa shape index (κ2) is 3.39. The summed E-state index contributed by atoms with van der Waals surface area (Å²) in [5.74, 6) is 0. The molecule has 0 radical (unpaired) electrons. The number of aryl methyl sites for hydroxylation is 1. The highest BCUT2D eigenvalue weighted by Crippen LogP contribution is 2.16. The molecule has 0 bridgehead atoms. The Morgan fingerprint density at radius 2 is 2.08 bits per heavy atom. The number of aromatic nitrogens is 2. The topological polar surface area (TPSA) is 34.9 Å². The number of hydrogen-bond acceptors (Lipinski definition) is 2. The first kappa shape index (κ1) is 9.45. The minimum absolute atomic E-state index is 0.171.